The third-order valence-corrected chi connectivity index (χ3v) is 5.38. The molecule has 1 aromatic rings. The van der Waals surface area contributed by atoms with Gasteiger partial charge in [-0.15, -0.1) is 11.3 Å². The van der Waals surface area contributed by atoms with Gasteiger partial charge in [-0.05, 0) is 38.6 Å². The Balaban J connectivity index is 3.21. The topological polar surface area (TPSA) is 83.5 Å². The van der Waals surface area contributed by atoms with Gasteiger partial charge in [-0.25, -0.2) is 13.2 Å². The van der Waals surface area contributed by atoms with Crippen molar-refractivity contribution in [2.24, 2.45) is 0 Å². The van der Waals surface area contributed by atoms with Gasteiger partial charge in [0.05, 0.1) is 10.4 Å². The molecule has 0 fully saturated rings. The van der Waals surface area contributed by atoms with Gasteiger partial charge in [0.25, 0.3) is 0 Å². The zero-order valence-corrected chi connectivity index (χ0v) is 11.7. The van der Waals surface area contributed by atoms with Crippen LogP contribution < -0.4 is 4.72 Å². The fraction of sp³-hybridized carbons (Fsp3) is 0.500. The Hall–Kier alpha value is -1.08. The minimum atomic E-state index is -3.61. The molecule has 7 heteroatoms. The molecule has 0 saturated carbocycles. The largest absolute Gasteiger partial charge is 0.477 e. The monoisotopic (exact) mass is 277 g/mol. The molecule has 1 rings (SSSR count). The van der Waals surface area contributed by atoms with Crippen molar-refractivity contribution < 1.29 is 18.3 Å². The molecule has 96 valence electrons. The molecule has 0 aliphatic carbocycles. The van der Waals surface area contributed by atoms with Gasteiger partial charge in [0.1, 0.15) is 4.88 Å². The number of rotatable bonds is 3. The highest BCUT2D eigenvalue weighted by Crippen LogP contribution is 2.30. The molecule has 1 aromatic heterocycles. The molecule has 0 unspecified atom stereocenters. The Morgan fingerprint density at radius 3 is 2.35 bits per heavy atom. The Labute approximate surface area is 105 Å². The van der Waals surface area contributed by atoms with E-state index in [0.717, 1.165) is 11.3 Å². The lowest BCUT2D eigenvalue weighted by atomic mass is 10.3. The van der Waals surface area contributed by atoms with E-state index in [4.69, 9.17) is 5.11 Å². The number of aryl methyl sites for hydroxylation is 1. The number of anilines is 1. The van der Waals surface area contributed by atoms with Gasteiger partial charge in [0.15, 0.2) is 0 Å². The highest BCUT2D eigenvalue weighted by molar-refractivity contribution is 7.94. The van der Waals surface area contributed by atoms with E-state index in [1.54, 1.807) is 33.1 Å². The minimum absolute atomic E-state index is 0.00956. The van der Waals surface area contributed by atoms with Crippen LogP contribution in [-0.2, 0) is 10.0 Å². The number of carboxylic acid groups (broad SMARTS) is 1. The van der Waals surface area contributed by atoms with Crippen molar-refractivity contribution >= 4 is 33.0 Å². The third kappa shape index (κ3) is 2.78. The van der Waals surface area contributed by atoms with Gasteiger partial charge in [-0.3, -0.25) is 4.72 Å². The first-order chi connectivity index (χ1) is 7.56. The smallest absolute Gasteiger partial charge is 0.348 e. The van der Waals surface area contributed by atoms with E-state index in [1.165, 1.54) is 0 Å². The Morgan fingerprint density at radius 1 is 1.41 bits per heavy atom. The summed E-state index contributed by atoms with van der Waals surface area (Å²) in [6.07, 6.45) is 0. The van der Waals surface area contributed by atoms with Crippen LogP contribution in [0.25, 0.3) is 0 Å². The summed E-state index contributed by atoms with van der Waals surface area (Å²) in [6.45, 7) is 6.33. The summed E-state index contributed by atoms with van der Waals surface area (Å²) >= 11 is 1.01. The normalized spacial score (nSPS) is 12.5. The standard InChI is InChI=1S/C10H15NO4S2/c1-6-5-16-8(9(12)13)7(6)11-17(14,15)10(2,3)4/h5,11H,1-4H3,(H,12,13). The average Bonchev–Trinajstić information content (AvgIpc) is 2.45. The van der Waals surface area contributed by atoms with Crippen molar-refractivity contribution in [2.75, 3.05) is 4.72 Å². The third-order valence-electron chi connectivity index (χ3n) is 2.21. The van der Waals surface area contributed by atoms with Crippen molar-refractivity contribution in [3.63, 3.8) is 0 Å². The van der Waals surface area contributed by atoms with Crippen LogP contribution >= 0.6 is 11.3 Å². The summed E-state index contributed by atoms with van der Waals surface area (Å²) in [5, 5.41) is 10.6. The van der Waals surface area contributed by atoms with E-state index in [9.17, 15) is 13.2 Å². The number of sulfonamides is 1. The first-order valence-corrected chi connectivity index (χ1v) is 7.26. The van der Waals surface area contributed by atoms with Crippen molar-refractivity contribution in [3.8, 4) is 0 Å². The van der Waals surface area contributed by atoms with E-state index < -0.39 is 20.7 Å². The van der Waals surface area contributed by atoms with E-state index in [2.05, 4.69) is 4.72 Å². The molecule has 0 bridgehead atoms. The second kappa shape index (κ2) is 4.30. The molecule has 0 saturated heterocycles. The molecule has 0 amide bonds. The molecule has 1 heterocycles. The molecular formula is C10H15NO4S2. The maximum atomic E-state index is 11.9. The Bertz CT molecular complexity index is 537. The number of carboxylic acids is 1. The predicted octanol–water partition coefficient (Wildman–Crippen LogP) is 2.29. The zero-order chi connectivity index (χ0) is 13.4. The fourth-order valence-corrected chi connectivity index (χ4v) is 2.76. The van der Waals surface area contributed by atoms with Gasteiger partial charge < -0.3 is 5.11 Å². The molecule has 0 spiro atoms. The SMILES string of the molecule is Cc1csc(C(=O)O)c1NS(=O)(=O)C(C)(C)C. The van der Waals surface area contributed by atoms with Crippen LogP contribution in [0.5, 0.6) is 0 Å². The summed E-state index contributed by atoms with van der Waals surface area (Å²) in [4.78, 5) is 11.0. The maximum Gasteiger partial charge on any atom is 0.348 e. The number of aromatic carboxylic acids is 1. The van der Waals surface area contributed by atoms with Gasteiger partial charge >= 0.3 is 5.97 Å². The Kier molecular flexibility index (Phi) is 3.54. The second-order valence-corrected chi connectivity index (χ2v) is 7.96. The number of hydrogen-bond donors (Lipinski definition) is 2. The van der Waals surface area contributed by atoms with Crippen molar-refractivity contribution in [2.45, 2.75) is 32.4 Å². The zero-order valence-electron chi connectivity index (χ0n) is 10.1. The van der Waals surface area contributed by atoms with Crippen molar-refractivity contribution in [1.29, 1.82) is 0 Å². The molecule has 5 nitrogen and oxygen atoms in total. The summed E-state index contributed by atoms with van der Waals surface area (Å²) in [5.41, 5.74) is 0.776. The van der Waals surface area contributed by atoms with E-state index in [1.807, 2.05) is 0 Å². The van der Waals surface area contributed by atoms with Crippen LogP contribution in [0.15, 0.2) is 5.38 Å². The molecule has 0 aliphatic rings. The Morgan fingerprint density at radius 2 is 1.94 bits per heavy atom. The van der Waals surface area contributed by atoms with E-state index in [0.29, 0.717) is 5.56 Å². The van der Waals surface area contributed by atoms with Crippen LogP contribution in [0, 0.1) is 6.92 Å². The molecule has 0 aromatic carbocycles. The number of thiophene rings is 1. The fourth-order valence-electron chi connectivity index (χ4n) is 1.02. The van der Waals surface area contributed by atoms with Gasteiger partial charge in [0.2, 0.25) is 10.0 Å². The molecular weight excluding hydrogens is 262 g/mol. The number of hydrogen-bond acceptors (Lipinski definition) is 4. The minimum Gasteiger partial charge on any atom is -0.477 e. The highest BCUT2D eigenvalue weighted by Gasteiger charge is 2.31. The quantitative estimate of drug-likeness (QED) is 0.888. The van der Waals surface area contributed by atoms with Crippen LogP contribution in [0.1, 0.15) is 36.0 Å². The van der Waals surface area contributed by atoms with Gasteiger partial charge in [-0.1, -0.05) is 0 Å². The van der Waals surface area contributed by atoms with Crippen molar-refractivity contribution in [1.82, 2.24) is 0 Å². The summed E-state index contributed by atoms with van der Waals surface area (Å²) in [5.74, 6) is -1.13. The number of nitrogens with one attached hydrogen (secondary N) is 1. The molecule has 17 heavy (non-hydrogen) atoms. The highest BCUT2D eigenvalue weighted by atomic mass is 32.2. The lowest BCUT2D eigenvalue weighted by Crippen LogP contribution is -2.34. The first kappa shape index (κ1) is 14.0. The van der Waals surface area contributed by atoms with E-state index >= 15 is 0 Å². The molecule has 0 aliphatic heterocycles. The molecule has 0 radical (unpaired) electrons. The maximum absolute atomic E-state index is 11.9. The summed E-state index contributed by atoms with van der Waals surface area (Å²) < 4.78 is 25.3. The van der Waals surface area contributed by atoms with Crippen LogP contribution in [0.2, 0.25) is 0 Å². The van der Waals surface area contributed by atoms with Crippen LogP contribution in [0.4, 0.5) is 5.69 Å². The second-order valence-electron chi connectivity index (χ2n) is 4.65. The summed E-state index contributed by atoms with van der Waals surface area (Å²) in [7, 11) is -3.61. The lowest BCUT2D eigenvalue weighted by molar-refractivity contribution is 0.0703. The van der Waals surface area contributed by atoms with E-state index in [-0.39, 0.29) is 10.6 Å². The summed E-state index contributed by atoms with van der Waals surface area (Å²) in [6, 6.07) is 0. The van der Waals surface area contributed by atoms with Gasteiger partial charge in [0, 0.05) is 0 Å². The van der Waals surface area contributed by atoms with Gasteiger partial charge in [-0.2, -0.15) is 0 Å². The van der Waals surface area contributed by atoms with Crippen LogP contribution in [-0.4, -0.2) is 24.2 Å². The first-order valence-electron chi connectivity index (χ1n) is 4.90. The van der Waals surface area contributed by atoms with Crippen molar-refractivity contribution in [3.05, 3.63) is 15.8 Å². The molecule has 2 N–H and O–H groups in total. The van der Waals surface area contributed by atoms with Crippen LogP contribution in [0.3, 0.4) is 0 Å². The number of carbonyl (C=O) groups is 1. The lowest BCUT2D eigenvalue weighted by Gasteiger charge is -2.20. The molecule has 0 atom stereocenters. The predicted molar refractivity (Wildman–Crippen MR) is 68.3 cm³/mol. The average molecular weight is 277 g/mol.